The number of ether oxygens (including phenoxy) is 2. The maximum Gasteiger partial charge on any atom is 0.316 e. The van der Waals surface area contributed by atoms with E-state index in [1.165, 1.54) is 14.0 Å². The molecule has 1 rings (SSSR count). The van der Waals surface area contributed by atoms with Crippen LogP contribution in [0.15, 0.2) is 0 Å². The molecule has 0 N–H and O–H groups in total. The van der Waals surface area contributed by atoms with Gasteiger partial charge in [0.15, 0.2) is 0 Å². The quantitative estimate of drug-likeness (QED) is 0.502. The highest BCUT2D eigenvalue weighted by Crippen LogP contribution is 2.22. The Bertz CT molecular complexity index is 284. The third kappa shape index (κ3) is 3.04. The molecule has 2 atom stereocenters. The summed E-state index contributed by atoms with van der Waals surface area (Å²) in [6, 6.07) is 0. The zero-order valence-electron chi connectivity index (χ0n) is 8.82. The molecule has 1 heterocycles. The van der Waals surface area contributed by atoms with Crippen LogP contribution in [-0.2, 0) is 23.9 Å². The molecule has 0 bridgehead atoms. The first-order valence-electron chi connectivity index (χ1n) is 4.82. The van der Waals surface area contributed by atoms with Crippen LogP contribution in [0.25, 0.3) is 0 Å². The average molecular weight is 214 g/mol. The van der Waals surface area contributed by atoms with Gasteiger partial charge in [-0.1, -0.05) is 0 Å². The van der Waals surface area contributed by atoms with Crippen molar-refractivity contribution in [2.75, 3.05) is 7.11 Å². The molecule has 1 fully saturated rings. The zero-order valence-corrected chi connectivity index (χ0v) is 8.82. The molecule has 0 aromatic rings. The fourth-order valence-corrected chi connectivity index (χ4v) is 1.58. The first kappa shape index (κ1) is 11.7. The minimum Gasteiger partial charge on any atom is -0.468 e. The van der Waals surface area contributed by atoms with Crippen molar-refractivity contribution in [1.82, 2.24) is 0 Å². The SMILES string of the molecule is COC(=O)C(CC1CCC(=O)O1)C(C)=O. The van der Waals surface area contributed by atoms with Gasteiger partial charge in [-0.3, -0.25) is 14.4 Å². The van der Waals surface area contributed by atoms with Crippen LogP contribution in [0, 0.1) is 5.92 Å². The van der Waals surface area contributed by atoms with Crippen molar-refractivity contribution in [2.45, 2.75) is 32.3 Å². The van der Waals surface area contributed by atoms with Gasteiger partial charge in [-0.2, -0.15) is 0 Å². The summed E-state index contributed by atoms with van der Waals surface area (Å²) in [6.07, 6.45) is 0.828. The van der Waals surface area contributed by atoms with E-state index in [4.69, 9.17) is 4.74 Å². The van der Waals surface area contributed by atoms with Crippen LogP contribution in [-0.4, -0.2) is 30.9 Å². The minimum atomic E-state index is -0.814. The maximum absolute atomic E-state index is 11.2. The van der Waals surface area contributed by atoms with E-state index in [0.717, 1.165) is 0 Å². The van der Waals surface area contributed by atoms with Crippen LogP contribution in [0.5, 0.6) is 0 Å². The second kappa shape index (κ2) is 4.91. The standard InChI is InChI=1S/C10H14O5/c1-6(11)8(10(13)14-2)5-7-3-4-9(12)15-7/h7-8H,3-5H2,1-2H3. The molecular weight excluding hydrogens is 200 g/mol. The van der Waals surface area contributed by atoms with Gasteiger partial charge in [-0.05, 0) is 13.3 Å². The number of hydrogen-bond donors (Lipinski definition) is 0. The van der Waals surface area contributed by atoms with E-state index in [1.54, 1.807) is 0 Å². The Labute approximate surface area is 87.7 Å². The van der Waals surface area contributed by atoms with E-state index < -0.39 is 11.9 Å². The molecule has 0 radical (unpaired) electrons. The predicted molar refractivity (Wildman–Crippen MR) is 49.9 cm³/mol. The minimum absolute atomic E-state index is 0.230. The van der Waals surface area contributed by atoms with Crippen molar-refractivity contribution in [3.05, 3.63) is 0 Å². The number of carbonyl (C=O) groups excluding carboxylic acids is 3. The predicted octanol–water partition coefficient (Wildman–Crippen LogP) is 0.460. The van der Waals surface area contributed by atoms with Gasteiger partial charge < -0.3 is 9.47 Å². The Kier molecular flexibility index (Phi) is 3.82. The average Bonchev–Trinajstić information content (AvgIpc) is 2.59. The van der Waals surface area contributed by atoms with Gasteiger partial charge in [0.05, 0.1) is 7.11 Å². The summed E-state index contributed by atoms with van der Waals surface area (Å²) in [5.74, 6) is -1.91. The highest BCUT2D eigenvalue weighted by atomic mass is 16.6. The molecule has 0 aromatic carbocycles. The molecule has 0 saturated carbocycles. The molecule has 1 saturated heterocycles. The van der Waals surface area contributed by atoms with Crippen LogP contribution < -0.4 is 0 Å². The van der Waals surface area contributed by atoms with Crippen molar-refractivity contribution < 1.29 is 23.9 Å². The highest BCUT2D eigenvalue weighted by Gasteiger charge is 2.32. The van der Waals surface area contributed by atoms with Crippen LogP contribution >= 0.6 is 0 Å². The summed E-state index contributed by atoms with van der Waals surface area (Å²) >= 11 is 0. The Morgan fingerprint density at radius 3 is 2.67 bits per heavy atom. The number of methoxy groups -OCH3 is 1. The van der Waals surface area contributed by atoms with Crippen molar-refractivity contribution >= 4 is 17.7 Å². The van der Waals surface area contributed by atoms with E-state index in [9.17, 15) is 14.4 Å². The third-order valence-corrected chi connectivity index (χ3v) is 2.44. The molecule has 0 aromatic heterocycles. The van der Waals surface area contributed by atoms with Crippen molar-refractivity contribution in [1.29, 1.82) is 0 Å². The molecule has 5 heteroatoms. The van der Waals surface area contributed by atoms with Gasteiger partial charge in [0.25, 0.3) is 0 Å². The number of cyclic esters (lactones) is 1. The van der Waals surface area contributed by atoms with Crippen molar-refractivity contribution in [3.8, 4) is 0 Å². The monoisotopic (exact) mass is 214 g/mol. The van der Waals surface area contributed by atoms with Gasteiger partial charge >= 0.3 is 11.9 Å². The molecule has 0 amide bonds. The fourth-order valence-electron chi connectivity index (χ4n) is 1.58. The van der Waals surface area contributed by atoms with Crippen LogP contribution in [0.4, 0.5) is 0 Å². The number of ketones is 1. The highest BCUT2D eigenvalue weighted by molar-refractivity contribution is 5.97. The smallest absolute Gasteiger partial charge is 0.316 e. The Morgan fingerprint density at radius 2 is 2.27 bits per heavy atom. The van der Waals surface area contributed by atoms with Crippen LogP contribution in [0.3, 0.4) is 0 Å². The van der Waals surface area contributed by atoms with E-state index in [1.807, 2.05) is 0 Å². The molecule has 1 aliphatic heterocycles. The van der Waals surface area contributed by atoms with Crippen molar-refractivity contribution in [3.63, 3.8) is 0 Å². The molecule has 84 valence electrons. The number of rotatable bonds is 4. The normalized spacial score (nSPS) is 22.0. The lowest BCUT2D eigenvalue weighted by Crippen LogP contribution is -2.27. The van der Waals surface area contributed by atoms with E-state index in [0.29, 0.717) is 12.8 Å². The summed E-state index contributed by atoms with van der Waals surface area (Å²) in [6.45, 7) is 1.33. The zero-order chi connectivity index (χ0) is 11.4. The van der Waals surface area contributed by atoms with E-state index >= 15 is 0 Å². The molecule has 0 spiro atoms. The number of carbonyl (C=O) groups is 3. The second-order valence-electron chi connectivity index (χ2n) is 3.57. The summed E-state index contributed by atoms with van der Waals surface area (Å²) in [4.78, 5) is 33.2. The van der Waals surface area contributed by atoms with Gasteiger partial charge in [0, 0.05) is 12.8 Å². The van der Waals surface area contributed by atoms with E-state index in [2.05, 4.69) is 4.74 Å². The topological polar surface area (TPSA) is 69.7 Å². The Balaban J connectivity index is 2.55. The largest absolute Gasteiger partial charge is 0.468 e. The van der Waals surface area contributed by atoms with E-state index in [-0.39, 0.29) is 24.3 Å². The summed E-state index contributed by atoms with van der Waals surface area (Å²) in [7, 11) is 1.24. The van der Waals surface area contributed by atoms with Crippen LogP contribution in [0.2, 0.25) is 0 Å². The number of esters is 2. The summed E-state index contributed by atoms with van der Waals surface area (Å²) < 4.78 is 9.45. The molecular formula is C10H14O5. The summed E-state index contributed by atoms with van der Waals surface area (Å²) in [5, 5.41) is 0. The summed E-state index contributed by atoms with van der Waals surface area (Å²) in [5.41, 5.74) is 0. The van der Waals surface area contributed by atoms with Gasteiger partial charge in [0.1, 0.15) is 17.8 Å². The number of Topliss-reactive ketones (excluding diaryl/α,β-unsaturated/α-hetero) is 1. The maximum atomic E-state index is 11.2. The lowest BCUT2D eigenvalue weighted by molar-refractivity contribution is -0.152. The second-order valence-corrected chi connectivity index (χ2v) is 3.57. The first-order valence-corrected chi connectivity index (χ1v) is 4.82. The lowest BCUT2D eigenvalue weighted by Gasteiger charge is -2.15. The Morgan fingerprint density at radius 1 is 1.60 bits per heavy atom. The first-order chi connectivity index (χ1) is 7.04. The van der Waals surface area contributed by atoms with Gasteiger partial charge in [0.2, 0.25) is 0 Å². The lowest BCUT2D eigenvalue weighted by atomic mass is 9.96. The molecule has 5 nitrogen and oxygen atoms in total. The van der Waals surface area contributed by atoms with Gasteiger partial charge in [-0.15, -0.1) is 0 Å². The third-order valence-electron chi connectivity index (χ3n) is 2.44. The fraction of sp³-hybridized carbons (Fsp3) is 0.700. The van der Waals surface area contributed by atoms with Crippen molar-refractivity contribution in [2.24, 2.45) is 5.92 Å². The molecule has 15 heavy (non-hydrogen) atoms. The van der Waals surface area contributed by atoms with Gasteiger partial charge in [-0.25, -0.2) is 0 Å². The Hall–Kier alpha value is -1.39. The van der Waals surface area contributed by atoms with Crippen LogP contribution in [0.1, 0.15) is 26.2 Å². The molecule has 2 unspecified atom stereocenters. The number of hydrogen-bond acceptors (Lipinski definition) is 5. The molecule has 1 aliphatic rings. The molecule has 0 aliphatic carbocycles.